The van der Waals surface area contributed by atoms with Gasteiger partial charge >= 0.3 is 0 Å². The highest BCUT2D eigenvalue weighted by Crippen LogP contribution is 2.28. The van der Waals surface area contributed by atoms with Crippen LogP contribution in [0.4, 0.5) is 5.82 Å². The van der Waals surface area contributed by atoms with Gasteiger partial charge in [-0.25, -0.2) is 15.0 Å². The standard InChI is InChI=1S/C14H22N6/c1-3-15-10(2)11-6-4-5-7-20(11)14-12-13(17-8-16-12)18-9-19-14/h8-11,15H,3-7H2,1-2H3,(H,16,17,18,19). The summed E-state index contributed by atoms with van der Waals surface area (Å²) < 4.78 is 0. The monoisotopic (exact) mass is 274 g/mol. The Hall–Kier alpha value is -1.69. The molecule has 2 unspecified atom stereocenters. The first-order chi connectivity index (χ1) is 9.81. The Balaban J connectivity index is 1.95. The van der Waals surface area contributed by atoms with Gasteiger partial charge in [0.2, 0.25) is 0 Å². The number of aromatic amines is 1. The number of rotatable bonds is 4. The van der Waals surface area contributed by atoms with E-state index in [0.29, 0.717) is 12.1 Å². The molecule has 2 atom stereocenters. The molecule has 1 fully saturated rings. The van der Waals surface area contributed by atoms with Crippen LogP contribution >= 0.6 is 0 Å². The second-order valence-electron chi connectivity index (χ2n) is 5.40. The van der Waals surface area contributed by atoms with E-state index in [1.165, 1.54) is 19.3 Å². The molecule has 0 spiro atoms. The Morgan fingerprint density at radius 1 is 1.40 bits per heavy atom. The van der Waals surface area contributed by atoms with E-state index < -0.39 is 0 Å². The smallest absolute Gasteiger partial charge is 0.182 e. The molecule has 0 aromatic carbocycles. The molecule has 0 bridgehead atoms. The van der Waals surface area contributed by atoms with Crippen LogP contribution in [0.2, 0.25) is 0 Å². The molecule has 108 valence electrons. The molecule has 3 rings (SSSR count). The average Bonchev–Trinajstić information content (AvgIpc) is 2.96. The number of aromatic nitrogens is 4. The van der Waals surface area contributed by atoms with Gasteiger partial charge in [-0.05, 0) is 32.7 Å². The van der Waals surface area contributed by atoms with Crippen molar-refractivity contribution in [2.45, 2.75) is 45.2 Å². The molecule has 1 saturated heterocycles. The number of imidazole rings is 1. The van der Waals surface area contributed by atoms with E-state index in [0.717, 1.165) is 30.1 Å². The Morgan fingerprint density at radius 2 is 2.30 bits per heavy atom. The molecule has 3 heterocycles. The molecule has 0 radical (unpaired) electrons. The topological polar surface area (TPSA) is 69.7 Å². The molecule has 6 nitrogen and oxygen atoms in total. The first-order valence-electron chi connectivity index (χ1n) is 7.45. The van der Waals surface area contributed by atoms with Gasteiger partial charge in [-0.2, -0.15) is 0 Å². The van der Waals surface area contributed by atoms with Crippen LogP contribution in [-0.2, 0) is 0 Å². The number of hydrogen-bond acceptors (Lipinski definition) is 5. The third-order valence-electron chi connectivity index (χ3n) is 4.13. The first kappa shape index (κ1) is 13.3. The average molecular weight is 274 g/mol. The van der Waals surface area contributed by atoms with Crippen LogP contribution in [0, 0.1) is 0 Å². The minimum atomic E-state index is 0.452. The molecule has 1 aliphatic rings. The van der Waals surface area contributed by atoms with Gasteiger partial charge in [-0.1, -0.05) is 6.92 Å². The Bertz CT molecular complexity index is 566. The first-order valence-corrected chi connectivity index (χ1v) is 7.45. The molecule has 20 heavy (non-hydrogen) atoms. The fourth-order valence-corrected chi connectivity index (χ4v) is 3.17. The molecule has 2 aromatic heterocycles. The molecule has 0 saturated carbocycles. The summed E-state index contributed by atoms with van der Waals surface area (Å²) in [6.07, 6.45) is 7.01. The molecule has 6 heteroatoms. The van der Waals surface area contributed by atoms with Crippen LogP contribution in [0.5, 0.6) is 0 Å². The highest BCUT2D eigenvalue weighted by Gasteiger charge is 2.29. The predicted octanol–water partition coefficient (Wildman–Crippen LogP) is 1.71. The van der Waals surface area contributed by atoms with Crippen LogP contribution in [0.3, 0.4) is 0 Å². The predicted molar refractivity (Wildman–Crippen MR) is 79.8 cm³/mol. The van der Waals surface area contributed by atoms with Crippen LogP contribution in [0.25, 0.3) is 11.2 Å². The summed E-state index contributed by atoms with van der Waals surface area (Å²) >= 11 is 0. The maximum absolute atomic E-state index is 4.51. The van der Waals surface area contributed by atoms with Crippen molar-refractivity contribution in [3.05, 3.63) is 12.7 Å². The highest BCUT2D eigenvalue weighted by atomic mass is 15.3. The van der Waals surface area contributed by atoms with E-state index in [9.17, 15) is 0 Å². The van der Waals surface area contributed by atoms with Crippen molar-refractivity contribution in [3.63, 3.8) is 0 Å². The minimum absolute atomic E-state index is 0.452. The third-order valence-corrected chi connectivity index (χ3v) is 4.13. The number of fused-ring (bicyclic) bond motifs is 1. The van der Waals surface area contributed by atoms with E-state index in [1.807, 2.05) is 0 Å². The van der Waals surface area contributed by atoms with Gasteiger partial charge in [0.1, 0.15) is 11.8 Å². The molecule has 2 aromatic rings. The van der Waals surface area contributed by atoms with E-state index >= 15 is 0 Å². The van der Waals surface area contributed by atoms with E-state index in [2.05, 4.69) is 44.0 Å². The van der Waals surface area contributed by atoms with Crippen molar-refractivity contribution in [3.8, 4) is 0 Å². The van der Waals surface area contributed by atoms with Gasteiger partial charge in [0.05, 0.1) is 6.33 Å². The number of hydrogen-bond donors (Lipinski definition) is 2. The van der Waals surface area contributed by atoms with Crippen LogP contribution in [0.15, 0.2) is 12.7 Å². The van der Waals surface area contributed by atoms with E-state index in [1.54, 1.807) is 12.7 Å². The normalized spacial score (nSPS) is 21.3. The number of nitrogens with zero attached hydrogens (tertiary/aromatic N) is 4. The summed E-state index contributed by atoms with van der Waals surface area (Å²) in [4.78, 5) is 18.5. The summed E-state index contributed by atoms with van der Waals surface area (Å²) in [5.41, 5.74) is 1.69. The third kappa shape index (κ3) is 2.35. The second-order valence-corrected chi connectivity index (χ2v) is 5.40. The van der Waals surface area contributed by atoms with Crippen molar-refractivity contribution < 1.29 is 0 Å². The quantitative estimate of drug-likeness (QED) is 0.888. The largest absolute Gasteiger partial charge is 0.350 e. The fourth-order valence-electron chi connectivity index (χ4n) is 3.17. The maximum Gasteiger partial charge on any atom is 0.182 e. The summed E-state index contributed by atoms with van der Waals surface area (Å²) in [5.74, 6) is 0.988. The highest BCUT2D eigenvalue weighted by molar-refractivity contribution is 5.82. The van der Waals surface area contributed by atoms with Gasteiger partial charge in [-0.3, -0.25) is 0 Å². The Kier molecular flexibility index (Phi) is 3.82. The minimum Gasteiger partial charge on any atom is -0.350 e. The van der Waals surface area contributed by atoms with Crippen molar-refractivity contribution >= 4 is 17.0 Å². The lowest BCUT2D eigenvalue weighted by atomic mass is 9.96. The number of nitrogens with one attached hydrogen (secondary N) is 2. The van der Waals surface area contributed by atoms with Gasteiger partial charge in [-0.15, -0.1) is 0 Å². The van der Waals surface area contributed by atoms with Crippen LogP contribution in [-0.4, -0.2) is 45.1 Å². The van der Waals surface area contributed by atoms with E-state index in [-0.39, 0.29) is 0 Å². The molecular weight excluding hydrogens is 252 g/mol. The molecule has 2 N–H and O–H groups in total. The molecule has 0 amide bonds. The van der Waals surface area contributed by atoms with Crippen LogP contribution < -0.4 is 10.2 Å². The summed E-state index contributed by atoms with van der Waals surface area (Å²) in [6.45, 7) is 6.46. The number of likely N-dealkylation sites (N-methyl/N-ethyl adjacent to an activating group) is 1. The van der Waals surface area contributed by atoms with Crippen molar-refractivity contribution in [1.29, 1.82) is 0 Å². The molecular formula is C14H22N6. The van der Waals surface area contributed by atoms with Gasteiger partial charge in [0, 0.05) is 18.6 Å². The lowest BCUT2D eigenvalue weighted by Crippen LogP contribution is -2.51. The SMILES string of the molecule is CCNC(C)C1CCCCN1c1ncnc2nc[nH]c12. The summed E-state index contributed by atoms with van der Waals surface area (Å²) in [7, 11) is 0. The van der Waals surface area contributed by atoms with Gasteiger partial charge in [0.15, 0.2) is 11.5 Å². The molecule has 0 aliphatic carbocycles. The Labute approximate surface area is 119 Å². The number of anilines is 1. The molecule has 1 aliphatic heterocycles. The van der Waals surface area contributed by atoms with Gasteiger partial charge < -0.3 is 15.2 Å². The van der Waals surface area contributed by atoms with Crippen molar-refractivity contribution in [2.24, 2.45) is 0 Å². The number of H-pyrrole nitrogens is 1. The van der Waals surface area contributed by atoms with E-state index in [4.69, 9.17) is 0 Å². The zero-order valence-corrected chi connectivity index (χ0v) is 12.1. The zero-order chi connectivity index (χ0) is 13.9. The maximum atomic E-state index is 4.51. The fraction of sp³-hybridized carbons (Fsp3) is 0.643. The number of piperidine rings is 1. The van der Waals surface area contributed by atoms with Crippen LogP contribution in [0.1, 0.15) is 33.1 Å². The summed E-state index contributed by atoms with van der Waals surface area (Å²) in [6, 6.07) is 0.929. The zero-order valence-electron chi connectivity index (χ0n) is 12.1. The van der Waals surface area contributed by atoms with Gasteiger partial charge in [0.25, 0.3) is 0 Å². The summed E-state index contributed by atoms with van der Waals surface area (Å²) in [5, 5.41) is 3.55. The lowest BCUT2D eigenvalue weighted by Gasteiger charge is -2.40. The van der Waals surface area contributed by atoms with Crippen molar-refractivity contribution in [2.75, 3.05) is 18.0 Å². The lowest BCUT2D eigenvalue weighted by molar-refractivity contribution is 0.371. The second kappa shape index (κ2) is 5.75. The Morgan fingerprint density at radius 3 is 3.15 bits per heavy atom. The van der Waals surface area contributed by atoms with Crippen molar-refractivity contribution in [1.82, 2.24) is 25.3 Å².